The summed E-state index contributed by atoms with van der Waals surface area (Å²) in [5.74, 6) is 0.170. The molecule has 2 aromatic rings. The summed E-state index contributed by atoms with van der Waals surface area (Å²) >= 11 is 1.86. The summed E-state index contributed by atoms with van der Waals surface area (Å²) in [5.41, 5.74) is 11.2. The molecule has 2 aromatic carbocycles. The Morgan fingerprint density at radius 1 is 0.772 bits per heavy atom. The first-order chi connectivity index (χ1) is 27.5. The number of benzene rings is 2. The number of carbonyl (C=O) groups is 5. The van der Waals surface area contributed by atoms with Crippen molar-refractivity contribution >= 4 is 49.2 Å². The summed E-state index contributed by atoms with van der Waals surface area (Å²) in [4.78, 5) is 61.9. The Kier molecular flexibility index (Phi) is 19.5. The molecule has 4 rings (SSSR count). The van der Waals surface area contributed by atoms with Crippen molar-refractivity contribution < 1.29 is 37.6 Å². The van der Waals surface area contributed by atoms with Crippen molar-refractivity contribution in [1.29, 1.82) is 0 Å². The van der Waals surface area contributed by atoms with E-state index < -0.39 is 25.7 Å². The Balaban J connectivity index is 1.10. The number of fused-ring (bicyclic) bond motifs is 1. The molecular weight excluding hydrogens is 772 g/mol. The summed E-state index contributed by atoms with van der Waals surface area (Å²) in [6, 6.07) is 15.7. The lowest BCUT2D eigenvalue weighted by Gasteiger charge is -2.25. The van der Waals surface area contributed by atoms with E-state index in [2.05, 4.69) is 31.7 Å². The van der Waals surface area contributed by atoms with Crippen molar-refractivity contribution in [2.24, 2.45) is 11.5 Å². The molecule has 10 N–H and O–H groups in total. The van der Waals surface area contributed by atoms with Crippen LogP contribution in [0.3, 0.4) is 0 Å². The lowest BCUT2D eigenvalue weighted by Crippen LogP contribution is -2.44. The van der Waals surface area contributed by atoms with E-state index in [4.69, 9.17) is 20.5 Å². The van der Waals surface area contributed by atoms with Gasteiger partial charge in [-0.1, -0.05) is 55.7 Å². The zero-order valence-corrected chi connectivity index (χ0v) is 34.2. The molecule has 2 heterocycles. The van der Waals surface area contributed by atoms with Gasteiger partial charge in [0, 0.05) is 36.9 Å². The maximum atomic E-state index is 14.1. The number of nitrogens with two attached hydrogens (primary N) is 2. The van der Waals surface area contributed by atoms with Gasteiger partial charge in [0.2, 0.25) is 23.6 Å². The average Bonchev–Trinajstić information content (AvgIpc) is 3.75. The predicted molar refractivity (Wildman–Crippen MR) is 220 cm³/mol. The fraction of sp³-hybridized carbons (Fsp3) is 0.564. The van der Waals surface area contributed by atoms with E-state index in [0.29, 0.717) is 94.2 Å². The molecule has 57 heavy (non-hydrogen) atoms. The largest absolute Gasteiger partial charge is 0.513 e. The van der Waals surface area contributed by atoms with Gasteiger partial charge in [-0.2, -0.15) is 16.8 Å². The van der Waals surface area contributed by atoms with Crippen LogP contribution in [0.25, 0.3) is 0 Å². The van der Waals surface area contributed by atoms with E-state index in [1.807, 2.05) is 11.8 Å². The van der Waals surface area contributed by atoms with Crippen LogP contribution in [0.1, 0.15) is 83.5 Å². The van der Waals surface area contributed by atoms with Crippen LogP contribution in [0.4, 0.5) is 4.79 Å². The summed E-state index contributed by atoms with van der Waals surface area (Å²) in [6.45, 7) is 1.14. The van der Waals surface area contributed by atoms with Gasteiger partial charge in [0.15, 0.2) is 0 Å². The highest BCUT2D eigenvalue weighted by Gasteiger charge is 2.42. The topological polar surface area (TPSA) is 245 Å². The zero-order chi connectivity index (χ0) is 40.9. The maximum Gasteiger partial charge on any atom is 0.513 e. The SMILES string of the molecule is NCCCC[C@H](NP(=O)(Oc1ccccc1)Oc1ccccc1)C(=O)NCCCCCC(=O)N[C@@H](CCCNC(=O)CCCC[C@@H]1SC[C@@H]2NC(=O)N[C@@H]21)C(N)=O. The fourth-order valence-electron chi connectivity index (χ4n) is 6.62. The lowest BCUT2D eigenvalue weighted by atomic mass is 10.0. The first-order valence-electron chi connectivity index (χ1n) is 19.9. The van der Waals surface area contributed by atoms with E-state index in [-0.39, 0.29) is 42.3 Å². The van der Waals surface area contributed by atoms with Crippen molar-refractivity contribution in [3.8, 4) is 11.5 Å². The van der Waals surface area contributed by atoms with E-state index in [1.165, 1.54) is 0 Å². The summed E-state index contributed by atoms with van der Waals surface area (Å²) in [5, 5.41) is 17.6. The maximum absolute atomic E-state index is 14.1. The molecule has 18 heteroatoms. The third-order valence-corrected chi connectivity index (χ3v) is 12.7. The molecule has 2 fully saturated rings. The highest BCUT2D eigenvalue weighted by Crippen LogP contribution is 2.45. The number of primary amides is 1. The molecule has 0 radical (unpaired) electrons. The van der Waals surface area contributed by atoms with Crippen LogP contribution in [0.15, 0.2) is 60.7 Å². The van der Waals surface area contributed by atoms with E-state index in [9.17, 15) is 28.5 Å². The van der Waals surface area contributed by atoms with Crippen molar-refractivity contribution in [2.75, 3.05) is 25.4 Å². The van der Waals surface area contributed by atoms with Crippen LogP contribution in [-0.2, 0) is 23.7 Å². The first-order valence-corrected chi connectivity index (χ1v) is 22.5. The Hall–Kier alpha value is -4.31. The Morgan fingerprint density at radius 3 is 2.07 bits per heavy atom. The third kappa shape index (κ3) is 16.6. The van der Waals surface area contributed by atoms with Crippen LogP contribution in [0, 0.1) is 0 Å². The normalized spacial score (nSPS) is 18.3. The molecule has 5 atom stereocenters. The molecule has 0 saturated carbocycles. The molecule has 0 unspecified atom stereocenters. The number of thioether (sulfide) groups is 1. The molecule has 0 bridgehead atoms. The van der Waals surface area contributed by atoms with Gasteiger partial charge < -0.3 is 47.1 Å². The van der Waals surface area contributed by atoms with Crippen molar-refractivity contribution in [3.05, 3.63) is 60.7 Å². The number of hydrogen-bond donors (Lipinski definition) is 8. The van der Waals surface area contributed by atoms with Crippen molar-refractivity contribution in [1.82, 2.24) is 31.7 Å². The van der Waals surface area contributed by atoms with Crippen LogP contribution in [-0.4, -0.2) is 84.5 Å². The lowest BCUT2D eigenvalue weighted by molar-refractivity contribution is -0.127. The number of urea groups is 1. The minimum atomic E-state index is -4.08. The molecule has 0 aromatic heterocycles. The number of para-hydroxylation sites is 2. The van der Waals surface area contributed by atoms with Crippen LogP contribution >= 0.6 is 19.5 Å². The number of rotatable bonds is 28. The third-order valence-electron chi connectivity index (χ3n) is 9.65. The van der Waals surface area contributed by atoms with E-state index in [1.54, 1.807) is 60.7 Å². The predicted octanol–water partition coefficient (Wildman–Crippen LogP) is 3.61. The Bertz CT molecular complexity index is 1580. The van der Waals surface area contributed by atoms with Gasteiger partial charge in [-0.3, -0.25) is 19.2 Å². The van der Waals surface area contributed by atoms with Gasteiger partial charge in [0.05, 0.1) is 18.1 Å². The smallest absolute Gasteiger partial charge is 0.405 e. The first kappa shape index (κ1) is 45.4. The number of unbranched alkanes of at least 4 members (excludes halogenated alkanes) is 4. The van der Waals surface area contributed by atoms with E-state index >= 15 is 0 Å². The second-order valence-electron chi connectivity index (χ2n) is 14.3. The average molecular weight is 831 g/mol. The molecule has 6 amide bonds. The Morgan fingerprint density at radius 2 is 1.40 bits per heavy atom. The van der Waals surface area contributed by atoms with Gasteiger partial charge in [0.25, 0.3) is 0 Å². The van der Waals surface area contributed by atoms with Gasteiger partial charge in [-0.05, 0) is 82.2 Å². The van der Waals surface area contributed by atoms with Crippen LogP contribution in [0.5, 0.6) is 11.5 Å². The van der Waals surface area contributed by atoms with Crippen molar-refractivity contribution in [3.63, 3.8) is 0 Å². The second-order valence-corrected chi connectivity index (χ2v) is 17.1. The summed E-state index contributed by atoms with van der Waals surface area (Å²) in [7, 11) is -4.08. The quantitative estimate of drug-likeness (QED) is 0.0350. The summed E-state index contributed by atoms with van der Waals surface area (Å²) in [6.07, 6.45) is 7.31. The minimum Gasteiger partial charge on any atom is -0.405 e. The number of hydrogen-bond acceptors (Lipinski definition) is 10. The molecule has 16 nitrogen and oxygen atoms in total. The second kappa shape index (κ2) is 24.5. The van der Waals surface area contributed by atoms with Crippen LogP contribution < -0.4 is 52.2 Å². The van der Waals surface area contributed by atoms with Gasteiger partial charge >= 0.3 is 13.8 Å². The van der Waals surface area contributed by atoms with Crippen molar-refractivity contribution in [2.45, 2.75) is 113 Å². The number of carbonyl (C=O) groups excluding carboxylic acids is 5. The fourth-order valence-corrected chi connectivity index (χ4v) is 9.73. The highest BCUT2D eigenvalue weighted by atomic mass is 32.2. The molecular formula is C39H59N8O8PS. The number of amides is 6. The summed E-state index contributed by atoms with van der Waals surface area (Å²) < 4.78 is 25.7. The molecule has 0 spiro atoms. The van der Waals surface area contributed by atoms with Crippen LogP contribution in [0.2, 0.25) is 0 Å². The molecule has 0 aliphatic carbocycles. The molecule has 314 valence electrons. The number of nitrogens with one attached hydrogen (secondary N) is 6. The minimum absolute atomic E-state index is 0.0637. The van der Waals surface area contributed by atoms with E-state index in [0.717, 1.165) is 25.0 Å². The monoisotopic (exact) mass is 830 g/mol. The van der Waals surface area contributed by atoms with Gasteiger partial charge in [-0.15, -0.1) is 0 Å². The highest BCUT2D eigenvalue weighted by molar-refractivity contribution is 8.00. The Labute approximate surface area is 339 Å². The molecule has 2 aliphatic rings. The molecule has 2 saturated heterocycles. The molecule has 2 aliphatic heterocycles. The van der Waals surface area contributed by atoms with Gasteiger partial charge in [0.1, 0.15) is 17.5 Å². The zero-order valence-electron chi connectivity index (χ0n) is 32.5. The standard InChI is InChI=1S/C39H59N8O8PS/c40-24-12-11-19-31(47-56(53,54-28-15-4-1-5-16-28)55-29-17-6-2-7-18-29)38(51)43-25-13-3-8-23-35(49)44-30(37(41)50)20-14-26-42-34(48)22-10-9-21-33-36-32(27-57-33)45-39(52)46-36/h1-2,4-7,15-18,30-33,36H,3,8-14,19-27,40H2,(H2,41,50)(H,42,48)(H,43,51)(H,44,49)(H,47,53)(H2,45,46,52)/t30-,31-,32-,33-,36-/m0/s1. The van der Waals surface area contributed by atoms with Gasteiger partial charge in [-0.25, -0.2) is 9.36 Å².